The van der Waals surface area contributed by atoms with E-state index in [1.165, 1.54) is 17.4 Å². The molecule has 20 heavy (non-hydrogen) atoms. The molecular weight excluding hydrogens is 365 g/mol. The number of thiophene rings is 1. The van der Waals surface area contributed by atoms with Crippen LogP contribution in [0, 0.1) is 5.82 Å². The van der Waals surface area contributed by atoms with Crippen LogP contribution in [-0.4, -0.2) is 13.7 Å². The normalized spacial score (nSPS) is 12.4. The van der Waals surface area contributed by atoms with Crippen molar-refractivity contribution in [3.63, 3.8) is 0 Å². The predicted octanol–water partition coefficient (Wildman–Crippen LogP) is 5.01. The first-order valence-electron chi connectivity index (χ1n) is 6.07. The third-order valence-corrected chi connectivity index (χ3v) is 5.05. The minimum atomic E-state index is -0.292. The van der Waals surface area contributed by atoms with E-state index in [1.54, 1.807) is 13.2 Å². The van der Waals surface area contributed by atoms with E-state index in [0.717, 1.165) is 17.2 Å². The van der Waals surface area contributed by atoms with Crippen molar-refractivity contribution in [1.29, 1.82) is 0 Å². The molecule has 1 unspecified atom stereocenters. The highest BCUT2D eigenvalue weighted by Gasteiger charge is 2.20. The van der Waals surface area contributed by atoms with Crippen LogP contribution < -0.4 is 10.1 Å². The van der Waals surface area contributed by atoms with Crippen molar-refractivity contribution in [2.75, 3.05) is 13.7 Å². The first-order chi connectivity index (χ1) is 9.56. The third kappa shape index (κ3) is 3.34. The summed E-state index contributed by atoms with van der Waals surface area (Å²) < 4.78 is 20.0. The van der Waals surface area contributed by atoms with Crippen molar-refractivity contribution in [2.45, 2.75) is 13.0 Å². The van der Waals surface area contributed by atoms with Gasteiger partial charge in [-0.25, -0.2) is 4.39 Å². The van der Waals surface area contributed by atoms with Gasteiger partial charge in [0.25, 0.3) is 0 Å². The zero-order chi connectivity index (χ0) is 14.7. The molecule has 1 atom stereocenters. The molecule has 0 radical (unpaired) electrons. The minimum absolute atomic E-state index is 0.237. The number of halogens is 3. The lowest BCUT2D eigenvalue weighted by atomic mass is 10.0. The number of hydrogen-bond donors (Lipinski definition) is 1. The fourth-order valence-corrected chi connectivity index (χ4v) is 3.35. The minimum Gasteiger partial charge on any atom is -0.496 e. The van der Waals surface area contributed by atoms with Crippen molar-refractivity contribution in [3.05, 3.63) is 49.3 Å². The summed E-state index contributed by atoms with van der Waals surface area (Å²) in [5.74, 6) is 0.483. The van der Waals surface area contributed by atoms with Crippen LogP contribution in [0.4, 0.5) is 4.39 Å². The Balaban J connectivity index is 2.45. The van der Waals surface area contributed by atoms with Gasteiger partial charge in [-0.2, -0.15) is 0 Å². The van der Waals surface area contributed by atoms with Crippen LogP contribution in [0.2, 0.25) is 5.02 Å². The van der Waals surface area contributed by atoms with Gasteiger partial charge in [0.05, 0.1) is 18.2 Å². The van der Waals surface area contributed by atoms with E-state index < -0.39 is 0 Å². The molecule has 0 bridgehead atoms. The highest BCUT2D eigenvalue weighted by molar-refractivity contribution is 9.10. The van der Waals surface area contributed by atoms with Crippen molar-refractivity contribution >= 4 is 38.9 Å². The van der Waals surface area contributed by atoms with Gasteiger partial charge >= 0.3 is 0 Å². The van der Waals surface area contributed by atoms with Crippen LogP contribution in [0.15, 0.2) is 28.1 Å². The quantitative estimate of drug-likeness (QED) is 0.738. The fourth-order valence-electron chi connectivity index (χ4n) is 1.92. The number of ether oxygens (including phenoxy) is 1. The van der Waals surface area contributed by atoms with E-state index in [2.05, 4.69) is 21.2 Å². The summed E-state index contributed by atoms with van der Waals surface area (Å²) in [6.45, 7) is 2.70. The van der Waals surface area contributed by atoms with E-state index in [0.29, 0.717) is 15.1 Å². The van der Waals surface area contributed by atoms with Gasteiger partial charge in [-0.3, -0.25) is 0 Å². The van der Waals surface area contributed by atoms with Crippen molar-refractivity contribution in [1.82, 2.24) is 5.32 Å². The van der Waals surface area contributed by atoms with Crippen molar-refractivity contribution in [2.24, 2.45) is 0 Å². The lowest BCUT2D eigenvalue weighted by Crippen LogP contribution is -2.22. The molecule has 0 aliphatic rings. The molecule has 1 N–H and O–H groups in total. The number of benzene rings is 1. The third-order valence-electron chi connectivity index (χ3n) is 2.87. The number of rotatable bonds is 5. The second kappa shape index (κ2) is 6.89. The van der Waals surface area contributed by atoms with E-state index in [9.17, 15) is 4.39 Å². The Labute approximate surface area is 135 Å². The van der Waals surface area contributed by atoms with Crippen LogP contribution in [0.3, 0.4) is 0 Å². The Morgan fingerprint density at radius 1 is 1.45 bits per heavy atom. The molecule has 2 aromatic rings. The van der Waals surface area contributed by atoms with Gasteiger partial charge in [-0.15, -0.1) is 11.3 Å². The van der Waals surface area contributed by atoms with E-state index >= 15 is 0 Å². The SMILES string of the molecule is CCNC(c1cc(OC)cs1)c1cc(Cl)c(Br)cc1F. The van der Waals surface area contributed by atoms with Crippen molar-refractivity contribution < 1.29 is 9.13 Å². The molecule has 0 saturated heterocycles. The van der Waals surface area contributed by atoms with Gasteiger partial charge < -0.3 is 10.1 Å². The molecule has 0 aliphatic heterocycles. The first-order valence-corrected chi connectivity index (χ1v) is 8.12. The topological polar surface area (TPSA) is 21.3 Å². The maximum atomic E-state index is 14.2. The molecule has 1 aromatic heterocycles. The average molecular weight is 379 g/mol. The van der Waals surface area contributed by atoms with Crippen LogP contribution in [-0.2, 0) is 0 Å². The van der Waals surface area contributed by atoms with Gasteiger partial charge in [0.2, 0.25) is 0 Å². The second-order valence-electron chi connectivity index (χ2n) is 4.17. The molecular formula is C14H14BrClFNOS. The molecule has 108 valence electrons. The van der Waals surface area contributed by atoms with Gasteiger partial charge in [0.15, 0.2) is 0 Å². The summed E-state index contributed by atoms with van der Waals surface area (Å²) >= 11 is 10.8. The first kappa shape index (κ1) is 15.8. The van der Waals surface area contributed by atoms with Gasteiger partial charge in [0.1, 0.15) is 11.6 Å². The molecule has 0 saturated carbocycles. The average Bonchev–Trinajstić information content (AvgIpc) is 2.89. The lowest BCUT2D eigenvalue weighted by molar-refractivity contribution is 0.416. The van der Waals surface area contributed by atoms with Crippen LogP contribution in [0.25, 0.3) is 0 Å². The molecule has 1 heterocycles. The Hall–Kier alpha value is -0.620. The number of methoxy groups -OCH3 is 1. The molecule has 0 aliphatic carbocycles. The highest BCUT2D eigenvalue weighted by atomic mass is 79.9. The number of nitrogens with one attached hydrogen (secondary N) is 1. The molecule has 6 heteroatoms. The highest BCUT2D eigenvalue weighted by Crippen LogP contribution is 2.35. The van der Waals surface area contributed by atoms with E-state index in [1.807, 2.05) is 18.4 Å². The maximum absolute atomic E-state index is 14.2. The summed E-state index contributed by atoms with van der Waals surface area (Å²) in [6.07, 6.45) is 0. The Bertz CT molecular complexity index is 605. The second-order valence-corrected chi connectivity index (χ2v) is 6.37. The number of hydrogen-bond acceptors (Lipinski definition) is 3. The maximum Gasteiger partial charge on any atom is 0.129 e. The predicted molar refractivity (Wildman–Crippen MR) is 85.5 cm³/mol. The van der Waals surface area contributed by atoms with E-state index in [-0.39, 0.29) is 11.9 Å². The largest absolute Gasteiger partial charge is 0.496 e. The molecule has 0 amide bonds. The summed E-state index contributed by atoms with van der Waals surface area (Å²) in [7, 11) is 1.62. The standard InChI is InChI=1S/C14H14BrClFNOS/c1-3-18-14(13-4-8(19-2)7-20-13)9-5-11(16)10(15)6-12(9)17/h4-7,14,18H,3H2,1-2H3. The van der Waals surface area contributed by atoms with Crippen LogP contribution in [0.1, 0.15) is 23.4 Å². The molecule has 0 spiro atoms. The molecule has 2 nitrogen and oxygen atoms in total. The summed E-state index contributed by atoms with van der Waals surface area (Å²) in [5.41, 5.74) is 0.532. The van der Waals surface area contributed by atoms with Gasteiger partial charge in [-0.05, 0) is 40.7 Å². The summed E-state index contributed by atoms with van der Waals surface area (Å²) in [4.78, 5) is 0.987. The fraction of sp³-hybridized carbons (Fsp3) is 0.286. The smallest absolute Gasteiger partial charge is 0.129 e. The Morgan fingerprint density at radius 3 is 2.80 bits per heavy atom. The van der Waals surface area contributed by atoms with Gasteiger partial charge in [-0.1, -0.05) is 18.5 Å². The Kier molecular flexibility index (Phi) is 5.43. The van der Waals surface area contributed by atoms with Crippen LogP contribution >= 0.6 is 38.9 Å². The lowest BCUT2D eigenvalue weighted by Gasteiger charge is -2.18. The monoisotopic (exact) mass is 377 g/mol. The van der Waals surface area contributed by atoms with Crippen LogP contribution in [0.5, 0.6) is 5.75 Å². The zero-order valence-electron chi connectivity index (χ0n) is 11.0. The Morgan fingerprint density at radius 2 is 2.20 bits per heavy atom. The van der Waals surface area contributed by atoms with Gasteiger partial charge in [0, 0.05) is 20.3 Å². The zero-order valence-corrected chi connectivity index (χ0v) is 14.2. The molecule has 2 rings (SSSR count). The molecule has 1 aromatic carbocycles. The summed E-state index contributed by atoms with van der Waals surface area (Å²) in [5, 5.41) is 5.68. The van der Waals surface area contributed by atoms with Crippen molar-refractivity contribution in [3.8, 4) is 5.75 Å². The summed E-state index contributed by atoms with van der Waals surface area (Å²) in [6, 6.07) is 4.72. The molecule has 0 fully saturated rings. The van der Waals surface area contributed by atoms with E-state index in [4.69, 9.17) is 16.3 Å².